The predicted molar refractivity (Wildman–Crippen MR) is 118 cm³/mol. The number of hydrogen-bond donors (Lipinski definition) is 0. The Bertz CT molecular complexity index is 900. The van der Waals surface area contributed by atoms with Crippen LogP contribution in [0.3, 0.4) is 0 Å². The number of amides is 1. The van der Waals surface area contributed by atoms with Gasteiger partial charge >= 0.3 is 0 Å². The van der Waals surface area contributed by atoms with Crippen LogP contribution >= 0.6 is 34.7 Å². The third kappa shape index (κ3) is 6.48. The fourth-order valence-electron chi connectivity index (χ4n) is 2.63. The van der Waals surface area contributed by atoms with Gasteiger partial charge in [-0.3, -0.25) is 4.79 Å². The molecule has 0 aliphatic heterocycles. The average Bonchev–Trinajstić information content (AvgIpc) is 3.39. The fraction of sp³-hybridized carbons (Fsp3) is 0.350. The van der Waals surface area contributed by atoms with E-state index in [-0.39, 0.29) is 11.2 Å². The number of aromatic nitrogens is 3. The van der Waals surface area contributed by atoms with Gasteiger partial charge in [0.1, 0.15) is 18.7 Å². The zero-order valence-electron chi connectivity index (χ0n) is 16.3. The monoisotopic (exact) mass is 450 g/mol. The third-order valence-electron chi connectivity index (χ3n) is 4.27. The van der Waals surface area contributed by atoms with Crippen molar-refractivity contribution >= 4 is 40.6 Å². The van der Waals surface area contributed by atoms with Crippen molar-refractivity contribution in [2.75, 3.05) is 20.2 Å². The van der Waals surface area contributed by atoms with Crippen LogP contribution in [0.4, 0.5) is 0 Å². The molecule has 0 aliphatic rings. The van der Waals surface area contributed by atoms with E-state index in [1.165, 1.54) is 16.6 Å². The van der Waals surface area contributed by atoms with E-state index in [0.717, 1.165) is 23.9 Å². The molecule has 3 rings (SSSR count). The first kappa shape index (κ1) is 21.7. The summed E-state index contributed by atoms with van der Waals surface area (Å²) in [6.45, 7) is 3.60. The lowest BCUT2D eigenvalue weighted by molar-refractivity contribution is -0.129. The van der Waals surface area contributed by atoms with E-state index in [1.807, 2.05) is 23.6 Å². The van der Waals surface area contributed by atoms with E-state index in [1.54, 1.807) is 41.7 Å². The van der Waals surface area contributed by atoms with Crippen molar-refractivity contribution in [1.29, 1.82) is 0 Å². The minimum Gasteiger partial charge on any atom is -0.492 e. The molecule has 0 N–H and O–H groups in total. The number of carbonyl (C=O) groups excluding carboxylic acids is 1. The fourth-order valence-corrected chi connectivity index (χ4v) is 4.42. The smallest absolute Gasteiger partial charge is 0.235 e. The number of carbonyl (C=O) groups is 1. The number of ether oxygens (including phenoxy) is 1. The van der Waals surface area contributed by atoms with Crippen LogP contribution in [0.15, 0.2) is 53.3 Å². The molecular weight excluding hydrogens is 428 g/mol. The van der Waals surface area contributed by atoms with Crippen LogP contribution in [0.1, 0.15) is 11.8 Å². The van der Waals surface area contributed by atoms with Crippen LogP contribution in [0.5, 0.6) is 5.75 Å². The minimum atomic E-state index is -0.264. The van der Waals surface area contributed by atoms with Crippen molar-refractivity contribution < 1.29 is 9.53 Å². The van der Waals surface area contributed by atoms with Gasteiger partial charge in [0, 0.05) is 23.5 Å². The molecule has 29 heavy (non-hydrogen) atoms. The largest absolute Gasteiger partial charge is 0.492 e. The second kappa shape index (κ2) is 10.7. The van der Waals surface area contributed by atoms with Gasteiger partial charge in [0.2, 0.25) is 5.91 Å². The van der Waals surface area contributed by atoms with Crippen LogP contribution in [-0.4, -0.2) is 51.0 Å². The second-order valence-corrected chi connectivity index (χ2v) is 9.24. The van der Waals surface area contributed by atoms with E-state index in [2.05, 4.69) is 27.7 Å². The minimum absolute atomic E-state index is 0.0301. The normalized spacial score (nSPS) is 12.0. The van der Waals surface area contributed by atoms with Crippen LogP contribution in [0, 0.1) is 0 Å². The summed E-state index contributed by atoms with van der Waals surface area (Å²) in [5.74, 6) is 0.763. The number of thioether (sulfide) groups is 1. The van der Waals surface area contributed by atoms with Crippen LogP contribution < -0.4 is 4.74 Å². The molecule has 1 aromatic carbocycles. The number of aryl methyl sites for hydroxylation is 2. The van der Waals surface area contributed by atoms with Crippen molar-refractivity contribution in [3.05, 3.63) is 58.0 Å². The Balaban J connectivity index is 1.45. The van der Waals surface area contributed by atoms with Crippen LogP contribution in [0.2, 0.25) is 5.02 Å². The maximum absolute atomic E-state index is 12.7. The number of nitrogens with zero attached hydrogens (tertiary/aromatic N) is 4. The van der Waals surface area contributed by atoms with Gasteiger partial charge in [-0.15, -0.1) is 21.5 Å². The maximum atomic E-state index is 12.7. The number of benzene rings is 1. The van der Waals surface area contributed by atoms with Gasteiger partial charge in [0.25, 0.3) is 0 Å². The number of hydrogen-bond acceptors (Lipinski definition) is 6. The molecule has 2 aromatic heterocycles. The van der Waals surface area contributed by atoms with Gasteiger partial charge in [-0.2, -0.15) is 0 Å². The molecule has 0 aliphatic carbocycles. The molecular formula is C20H23ClN4O2S2. The quantitative estimate of drug-likeness (QED) is 0.432. The topological polar surface area (TPSA) is 60.2 Å². The standard InChI is InChI=1S/C20H23ClN4O2S2/c1-15(19(26)24(2)11-12-27-17-7-5-16(21)6-8-17)29-20-23-22-14-25(20)10-9-18-4-3-13-28-18/h3-8,13-15H,9-12H2,1-2H3. The zero-order chi connectivity index (χ0) is 20.6. The van der Waals surface area contributed by atoms with E-state index < -0.39 is 0 Å². The lowest BCUT2D eigenvalue weighted by Gasteiger charge is -2.21. The summed E-state index contributed by atoms with van der Waals surface area (Å²) in [5.41, 5.74) is 0. The molecule has 0 bridgehead atoms. The highest BCUT2D eigenvalue weighted by atomic mass is 35.5. The van der Waals surface area contributed by atoms with Crippen molar-refractivity contribution in [3.63, 3.8) is 0 Å². The van der Waals surface area contributed by atoms with Gasteiger partial charge in [0.15, 0.2) is 5.16 Å². The lowest BCUT2D eigenvalue weighted by Crippen LogP contribution is -2.36. The summed E-state index contributed by atoms with van der Waals surface area (Å²) in [5, 5.41) is 11.4. The molecule has 1 unspecified atom stereocenters. The van der Waals surface area contributed by atoms with Gasteiger partial charge in [0.05, 0.1) is 11.8 Å². The van der Waals surface area contributed by atoms with Crippen molar-refractivity contribution in [1.82, 2.24) is 19.7 Å². The number of thiophene rings is 1. The van der Waals surface area contributed by atoms with Gasteiger partial charge in [-0.1, -0.05) is 29.4 Å². The zero-order valence-corrected chi connectivity index (χ0v) is 18.7. The molecule has 1 atom stereocenters. The van der Waals surface area contributed by atoms with E-state index in [0.29, 0.717) is 18.2 Å². The van der Waals surface area contributed by atoms with Gasteiger partial charge < -0.3 is 14.2 Å². The van der Waals surface area contributed by atoms with E-state index >= 15 is 0 Å². The predicted octanol–water partition coefficient (Wildman–Crippen LogP) is 4.25. The summed E-state index contributed by atoms with van der Waals surface area (Å²) >= 11 is 9.03. The Labute approximate surface area is 183 Å². The molecule has 0 spiro atoms. The summed E-state index contributed by atoms with van der Waals surface area (Å²) in [7, 11) is 1.78. The lowest BCUT2D eigenvalue weighted by atomic mass is 10.3. The molecule has 0 saturated heterocycles. The first-order chi connectivity index (χ1) is 14.0. The Morgan fingerprint density at radius 3 is 2.86 bits per heavy atom. The molecule has 6 nitrogen and oxygen atoms in total. The summed E-state index contributed by atoms with van der Waals surface area (Å²) in [4.78, 5) is 15.7. The molecule has 1 amide bonds. The first-order valence-electron chi connectivity index (χ1n) is 9.23. The van der Waals surface area contributed by atoms with Crippen molar-refractivity contribution in [2.45, 2.75) is 30.3 Å². The number of rotatable bonds is 10. The summed E-state index contributed by atoms with van der Waals surface area (Å²) < 4.78 is 7.67. The molecule has 0 saturated carbocycles. The van der Waals surface area contributed by atoms with Gasteiger partial charge in [-0.05, 0) is 49.1 Å². The average molecular weight is 451 g/mol. The Kier molecular flexibility index (Phi) is 7.97. The Morgan fingerprint density at radius 1 is 1.34 bits per heavy atom. The highest BCUT2D eigenvalue weighted by molar-refractivity contribution is 8.00. The van der Waals surface area contributed by atoms with Gasteiger partial charge in [-0.25, -0.2) is 0 Å². The second-order valence-electron chi connectivity index (χ2n) is 6.46. The molecule has 9 heteroatoms. The Hall–Kier alpha value is -2.03. The summed E-state index contributed by atoms with van der Waals surface area (Å²) in [6, 6.07) is 11.3. The Morgan fingerprint density at radius 2 is 2.14 bits per heavy atom. The maximum Gasteiger partial charge on any atom is 0.235 e. The molecule has 2 heterocycles. The number of halogens is 1. The SMILES string of the molecule is CC(Sc1nncn1CCc1cccs1)C(=O)N(C)CCOc1ccc(Cl)cc1. The first-order valence-corrected chi connectivity index (χ1v) is 11.4. The molecule has 0 radical (unpaired) electrons. The summed E-state index contributed by atoms with van der Waals surface area (Å²) in [6.07, 6.45) is 2.64. The van der Waals surface area contributed by atoms with E-state index in [9.17, 15) is 4.79 Å². The van der Waals surface area contributed by atoms with Crippen molar-refractivity contribution in [2.24, 2.45) is 0 Å². The van der Waals surface area contributed by atoms with Crippen LogP contribution in [0.25, 0.3) is 0 Å². The number of likely N-dealkylation sites (N-methyl/N-ethyl adjacent to an activating group) is 1. The molecule has 0 fully saturated rings. The highest BCUT2D eigenvalue weighted by Crippen LogP contribution is 2.23. The highest BCUT2D eigenvalue weighted by Gasteiger charge is 2.21. The molecule has 3 aromatic rings. The third-order valence-corrected chi connectivity index (χ3v) is 6.54. The van der Waals surface area contributed by atoms with Crippen molar-refractivity contribution in [3.8, 4) is 5.75 Å². The van der Waals surface area contributed by atoms with E-state index in [4.69, 9.17) is 16.3 Å². The van der Waals surface area contributed by atoms with Crippen LogP contribution in [-0.2, 0) is 17.8 Å². The molecule has 154 valence electrons.